The normalized spacial score (nSPS) is 12.9. The van der Waals surface area contributed by atoms with Crippen LogP contribution in [0.2, 0.25) is 10.0 Å². The number of hydrogen-bond donors (Lipinski definition) is 2. The first-order valence-electron chi connectivity index (χ1n) is 12.1. The summed E-state index contributed by atoms with van der Waals surface area (Å²) in [6, 6.07) is 12.7. The van der Waals surface area contributed by atoms with Gasteiger partial charge in [-0.25, -0.2) is 5.43 Å². The van der Waals surface area contributed by atoms with Gasteiger partial charge in [-0.15, -0.1) is 0 Å². The van der Waals surface area contributed by atoms with E-state index in [9.17, 15) is 9.59 Å². The molecule has 210 valence electrons. The maximum absolute atomic E-state index is 12.9. The third-order valence-electron chi connectivity index (χ3n) is 5.90. The number of rotatable bonds is 10. The molecule has 0 bridgehead atoms. The smallest absolute Gasteiger partial charge is 0.262 e. The Kier molecular flexibility index (Phi) is 9.78. The first-order valence-corrected chi connectivity index (χ1v) is 13.7. The molecule has 1 unspecified atom stereocenters. The maximum atomic E-state index is 12.9. The first kappa shape index (κ1) is 29.5. The minimum absolute atomic E-state index is 0.103. The van der Waals surface area contributed by atoms with Gasteiger partial charge in [0.2, 0.25) is 6.79 Å². The molecule has 3 aromatic carbocycles. The predicted octanol–water partition coefficient (Wildman–Crippen LogP) is 5.98. The molecule has 0 fully saturated rings. The summed E-state index contributed by atoms with van der Waals surface area (Å²) < 4.78 is 22.7. The number of amides is 2. The quantitative estimate of drug-likeness (QED) is 0.207. The van der Waals surface area contributed by atoms with Crippen molar-refractivity contribution >= 4 is 57.2 Å². The minimum atomic E-state index is -0.827. The number of hydrazone groups is 1. The summed E-state index contributed by atoms with van der Waals surface area (Å²) in [7, 11) is 1.52. The van der Waals surface area contributed by atoms with Crippen molar-refractivity contribution in [1.29, 1.82) is 0 Å². The molecule has 0 saturated carbocycles. The second-order valence-corrected chi connectivity index (χ2v) is 10.8. The highest BCUT2D eigenvalue weighted by Gasteiger charge is 2.25. The fourth-order valence-corrected chi connectivity index (χ4v) is 4.82. The van der Waals surface area contributed by atoms with Crippen molar-refractivity contribution in [3.05, 3.63) is 79.7 Å². The molecule has 2 N–H and O–H groups in total. The van der Waals surface area contributed by atoms with Crippen LogP contribution < -0.4 is 29.7 Å². The number of ether oxygens (including phenoxy) is 4. The number of nitrogens with zero attached hydrogens (tertiary/aromatic N) is 1. The van der Waals surface area contributed by atoms with E-state index in [-0.39, 0.29) is 19.3 Å². The fourth-order valence-electron chi connectivity index (χ4n) is 3.78. The highest BCUT2D eigenvalue weighted by atomic mass is 79.9. The summed E-state index contributed by atoms with van der Waals surface area (Å²) in [5.74, 6) is 0.885. The monoisotopic (exact) mass is 649 g/mol. The Bertz CT molecular complexity index is 1450. The van der Waals surface area contributed by atoms with Crippen molar-refractivity contribution < 1.29 is 28.5 Å². The Labute approximate surface area is 249 Å². The van der Waals surface area contributed by atoms with Gasteiger partial charge in [0.15, 0.2) is 23.0 Å². The third-order valence-corrected chi connectivity index (χ3v) is 7.07. The number of carbonyl (C=O) groups excluding carboxylic acids is 2. The van der Waals surface area contributed by atoms with Crippen LogP contribution in [0.25, 0.3) is 0 Å². The zero-order chi connectivity index (χ0) is 28.8. The summed E-state index contributed by atoms with van der Waals surface area (Å²) >= 11 is 15.7. The lowest BCUT2D eigenvalue weighted by molar-refractivity contribution is -0.123. The van der Waals surface area contributed by atoms with Gasteiger partial charge >= 0.3 is 0 Å². The lowest BCUT2D eigenvalue weighted by Crippen LogP contribution is -2.48. The number of halogens is 3. The lowest BCUT2D eigenvalue weighted by Gasteiger charge is -2.20. The zero-order valence-corrected chi connectivity index (χ0v) is 24.9. The second kappa shape index (κ2) is 13.3. The Morgan fingerprint density at radius 2 is 1.88 bits per heavy atom. The highest BCUT2D eigenvalue weighted by molar-refractivity contribution is 9.10. The van der Waals surface area contributed by atoms with Gasteiger partial charge in [-0.05, 0) is 69.9 Å². The molecule has 1 aliphatic heterocycles. The summed E-state index contributed by atoms with van der Waals surface area (Å²) in [6.07, 6.45) is 1.46. The minimum Gasteiger partial charge on any atom is -0.493 e. The molecule has 9 nitrogen and oxygen atoms in total. The Hall–Kier alpha value is -3.47. The first-order chi connectivity index (χ1) is 19.2. The van der Waals surface area contributed by atoms with Crippen LogP contribution in [-0.4, -0.2) is 38.0 Å². The van der Waals surface area contributed by atoms with Gasteiger partial charge in [0, 0.05) is 21.2 Å². The second-order valence-electron chi connectivity index (χ2n) is 9.06. The Morgan fingerprint density at radius 3 is 2.60 bits per heavy atom. The molecule has 0 saturated heterocycles. The molecule has 0 aromatic heterocycles. The van der Waals surface area contributed by atoms with Crippen LogP contribution in [0, 0.1) is 5.92 Å². The fraction of sp³-hybridized carbons (Fsp3) is 0.250. The summed E-state index contributed by atoms with van der Waals surface area (Å²) in [5, 5.41) is 7.86. The van der Waals surface area contributed by atoms with E-state index in [0.717, 1.165) is 5.56 Å². The van der Waals surface area contributed by atoms with Crippen LogP contribution in [0.3, 0.4) is 0 Å². The molecule has 2 amide bonds. The van der Waals surface area contributed by atoms with E-state index in [4.69, 9.17) is 42.1 Å². The molecule has 0 aliphatic carbocycles. The average Bonchev–Trinajstić information content (AvgIpc) is 3.39. The van der Waals surface area contributed by atoms with Crippen LogP contribution in [0.5, 0.6) is 23.0 Å². The van der Waals surface area contributed by atoms with Gasteiger partial charge in [-0.3, -0.25) is 9.59 Å². The van der Waals surface area contributed by atoms with Crippen molar-refractivity contribution in [3.8, 4) is 23.0 Å². The standard InChI is InChI=1S/C28H26BrCl2N3O6/c1-15(2)25(33-27(35)17-5-7-22-23(10-17)40-14-39-22)28(36)34-32-12-16-8-20(29)26(24(9-16)37-3)38-13-18-4-6-19(30)11-21(18)31/h4-12,15,25H,13-14H2,1-3H3,(H,33,35)(H,34,36)/b32-12+. The van der Waals surface area contributed by atoms with E-state index >= 15 is 0 Å². The molecule has 3 aromatic rings. The van der Waals surface area contributed by atoms with Crippen molar-refractivity contribution in [3.63, 3.8) is 0 Å². The lowest BCUT2D eigenvalue weighted by atomic mass is 10.0. The molecule has 0 radical (unpaired) electrons. The van der Waals surface area contributed by atoms with E-state index in [1.807, 2.05) is 13.8 Å². The topological polar surface area (TPSA) is 107 Å². The van der Waals surface area contributed by atoms with Gasteiger partial charge in [-0.2, -0.15) is 5.10 Å². The number of nitrogens with one attached hydrogen (secondary N) is 2. The number of benzene rings is 3. The highest BCUT2D eigenvalue weighted by Crippen LogP contribution is 2.37. The van der Waals surface area contributed by atoms with Crippen LogP contribution >= 0.6 is 39.1 Å². The predicted molar refractivity (Wildman–Crippen MR) is 156 cm³/mol. The molecule has 1 heterocycles. The molecule has 12 heteroatoms. The number of methoxy groups -OCH3 is 1. The molecule has 4 rings (SSSR count). The SMILES string of the molecule is COc1cc(/C=N/NC(=O)C(NC(=O)c2ccc3c(c2)OCO3)C(C)C)cc(Br)c1OCc1ccc(Cl)cc1Cl. The number of carbonyl (C=O) groups is 2. The van der Waals surface area contributed by atoms with E-state index in [1.165, 1.54) is 13.3 Å². The van der Waals surface area contributed by atoms with Crippen LogP contribution in [0.15, 0.2) is 58.1 Å². The third kappa shape index (κ3) is 7.18. The van der Waals surface area contributed by atoms with Crippen molar-refractivity contribution in [2.75, 3.05) is 13.9 Å². The molecule has 1 aliphatic rings. The van der Waals surface area contributed by atoms with E-state index < -0.39 is 17.9 Å². The number of hydrogen-bond acceptors (Lipinski definition) is 7. The molecular formula is C28H26BrCl2N3O6. The largest absolute Gasteiger partial charge is 0.493 e. The maximum Gasteiger partial charge on any atom is 0.262 e. The summed E-state index contributed by atoms with van der Waals surface area (Å²) in [6.45, 7) is 3.95. The van der Waals surface area contributed by atoms with Gasteiger partial charge < -0.3 is 24.3 Å². The zero-order valence-electron chi connectivity index (χ0n) is 21.8. The van der Waals surface area contributed by atoms with Crippen LogP contribution in [0.4, 0.5) is 0 Å². The van der Waals surface area contributed by atoms with Crippen LogP contribution in [-0.2, 0) is 11.4 Å². The molecule has 40 heavy (non-hydrogen) atoms. The van der Waals surface area contributed by atoms with Crippen molar-refractivity contribution in [1.82, 2.24) is 10.7 Å². The van der Waals surface area contributed by atoms with Gasteiger partial charge in [0.05, 0.1) is 17.8 Å². The summed E-state index contributed by atoms with van der Waals surface area (Å²) in [5.41, 5.74) is 4.24. The molecule has 0 spiro atoms. The van der Waals surface area contributed by atoms with Gasteiger partial charge in [-0.1, -0.05) is 43.1 Å². The molecular weight excluding hydrogens is 625 g/mol. The van der Waals surface area contributed by atoms with E-state index in [2.05, 4.69) is 31.8 Å². The van der Waals surface area contributed by atoms with E-state index in [1.54, 1.807) is 48.5 Å². The Balaban J connectivity index is 1.40. The Morgan fingerprint density at radius 1 is 1.10 bits per heavy atom. The van der Waals surface area contributed by atoms with E-state index in [0.29, 0.717) is 48.6 Å². The van der Waals surface area contributed by atoms with Crippen LogP contribution in [0.1, 0.15) is 35.3 Å². The molecule has 1 atom stereocenters. The van der Waals surface area contributed by atoms with Crippen molar-refractivity contribution in [2.24, 2.45) is 11.0 Å². The number of fused-ring (bicyclic) bond motifs is 1. The summed E-state index contributed by atoms with van der Waals surface area (Å²) in [4.78, 5) is 25.7. The van der Waals surface area contributed by atoms with Gasteiger partial charge in [0.25, 0.3) is 11.8 Å². The average molecular weight is 651 g/mol. The van der Waals surface area contributed by atoms with Gasteiger partial charge in [0.1, 0.15) is 12.6 Å². The van der Waals surface area contributed by atoms with Crippen molar-refractivity contribution in [2.45, 2.75) is 26.5 Å².